The van der Waals surface area contributed by atoms with Crippen LogP contribution in [-0.4, -0.2) is 19.3 Å². The number of halogens is 1. The molecule has 2 atom stereocenters. The first-order chi connectivity index (χ1) is 10.1. The minimum atomic E-state index is -0.652. The zero-order chi connectivity index (χ0) is 14.8. The van der Waals surface area contributed by atoms with Crippen LogP contribution in [0.2, 0.25) is 0 Å². The summed E-state index contributed by atoms with van der Waals surface area (Å²) in [6, 6.07) is 14.0. The third-order valence-corrected chi connectivity index (χ3v) is 3.54. The molecule has 3 rings (SSSR count). The molecule has 0 radical (unpaired) electrons. The molecule has 1 heterocycles. The summed E-state index contributed by atoms with van der Waals surface area (Å²) >= 11 is 0. The Labute approximate surface area is 123 Å². The number of hydrogen-bond acceptors (Lipinski definition) is 3. The van der Waals surface area contributed by atoms with E-state index in [1.165, 1.54) is 6.07 Å². The van der Waals surface area contributed by atoms with Crippen LogP contribution >= 0.6 is 0 Å². The van der Waals surface area contributed by atoms with Gasteiger partial charge in [0.25, 0.3) is 0 Å². The molecule has 108 valence electrons. The number of hydrogen-bond donors (Lipinski definition) is 0. The van der Waals surface area contributed by atoms with Gasteiger partial charge in [-0.15, -0.1) is 0 Å². The van der Waals surface area contributed by atoms with Gasteiger partial charge in [-0.05, 0) is 32.0 Å². The molecular weight excluding hydrogens is 270 g/mol. The molecule has 0 N–H and O–H groups in total. The van der Waals surface area contributed by atoms with Gasteiger partial charge in [-0.25, -0.2) is 4.39 Å². The second-order valence-electron chi connectivity index (χ2n) is 5.11. The first-order valence-corrected chi connectivity index (χ1v) is 6.97. The van der Waals surface area contributed by atoms with Crippen LogP contribution in [0.1, 0.15) is 13.8 Å². The van der Waals surface area contributed by atoms with Crippen molar-refractivity contribution >= 4 is 12.6 Å². The van der Waals surface area contributed by atoms with Crippen molar-refractivity contribution in [2.24, 2.45) is 0 Å². The Bertz CT molecular complexity index is 610. The lowest BCUT2D eigenvalue weighted by atomic mass is 9.79. The molecule has 5 heteroatoms. The van der Waals surface area contributed by atoms with Gasteiger partial charge in [0.15, 0.2) is 0 Å². The van der Waals surface area contributed by atoms with Crippen LogP contribution in [0.25, 0.3) is 0 Å². The van der Waals surface area contributed by atoms with Gasteiger partial charge >= 0.3 is 7.12 Å². The molecule has 3 nitrogen and oxygen atoms in total. The van der Waals surface area contributed by atoms with Crippen molar-refractivity contribution in [1.82, 2.24) is 0 Å². The molecule has 0 bridgehead atoms. The second kappa shape index (κ2) is 5.88. The Morgan fingerprint density at radius 2 is 1.62 bits per heavy atom. The van der Waals surface area contributed by atoms with Gasteiger partial charge in [-0.1, -0.05) is 24.3 Å². The van der Waals surface area contributed by atoms with Crippen molar-refractivity contribution in [3.05, 3.63) is 54.3 Å². The smallest absolute Gasteiger partial charge is 0.457 e. The normalized spacial score (nSPS) is 21.6. The molecule has 0 saturated carbocycles. The van der Waals surface area contributed by atoms with Crippen LogP contribution in [0, 0.1) is 5.82 Å². The van der Waals surface area contributed by atoms with Crippen LogP contribution in [0.5, 0.6) is 11.5 Å². The zero-order valence-electron chi connectivity index (χ0n) is 12.0. The summed E-state index contributed by atoms with van der Waals surface area (Å²) < 4.78 is 31.0. The maximum Gasteiger partial charge on any atom is 0.497 e. The maximum absolute atomic E-state index is 14.2. The van der Waals surface area contributed by atoms with Crippen LogP contribution in [0.15, 0.2) is 48.5 Å². The molecule has 2 aromatic carbocycles. The number of para-hydroxylation sites is 1. The van der Waals surface area contributed by atoms with E-state index in [4.69, 9.17) is 14.0 Å². The Kier molecular flexibility index (Phi) is 3.95. The van der Waals surface area contributed by atoms with Gasteiger partial charge in [-0.3, -0.25) is 0 Å². The van der Waals surface area contributed by atoms with Gasteiger partial charge in [0.05, 0.1) is 12.2 Å². The summed E-state index contributed by atoms with van der Waals surface area (Å²) in [5.41, 5.74) is 0.395. The van der Waals surface area contributed by atoms with Crippen molar-refractivity contribution in [2.75, 3.05) is 0 Å². The van der Waals surface area contributed by atoms with Crippen molar-refractivity contribution in [3.8, 4) is 11.5 Å². The second-order valence-corrected chi connectivity index (χ2v) is 5.11. The van der Waals surface area contributed by atoms with Gasteiger partial charge in [0, 0.05) is 11.5 Å². The van der Waals surface area contributed by atoms with Gasteiger partial charge in [-0.2, -0.15) is 0 Å². The molecule has 0 amide bonds. The summed E-state index contributed by atoms with van der Waals surface area (Å²) in [4.78, 5) is 0. The molecule has 0 aromatic heterocycles. The zero-order valence-corrected chi connectivity index (χ0v) is 12.0. The first-order valence-electron chi connectivity index (χ1n) is 6.97. The fourth-order valence-electron chi connectivity index (χ4n) is 2.18. The van der Waals surface area contributed by atoms with E-state index < -0.39 is 12.9 Å². The fraction of sp³-hybridized carbons (Fsp3) is 0.250. The molecular formula is C16H16BFO3. The van der Waals surface area contributed by atoms with Crippen LogP contribution in [0.3, 0.4) is 0 Å². The summed E-state index contributed by atoms with van der Waals surface area (Å²) in [5, 5.41) is 0. The highest BCUT2D eigenvalue weighted by atomic mass is 19.1. The third kappa shape index (κ3) is 3.09. The van der Waals surface area contributed by atoms with E-state index in [0.717, 1.165) is 0 Å². The van der Waals surface area contributed by atoms with Crippen molar-refractivity contribution in [3.63, 3.8) is 0 Å². The maximum atomic E-state index is 14.2. The molecule has 21 heavy (non-hydrogen) atoms. The Morgan fingerprint density at radius 3 is 2.24 bits per heavy atom. The predicted octanol–water partition coefficient (Wildman–Crippen LogP) is 3.14. The topological polar surface area (TPSA) is 27.7 Å². The molecule has 1 fully saturated rings. The summed E-state index contributed by atoms with van der Waals surface area (Å²) in [5.74, 6) is 0.719. The van der Waals surface area contributed by atoms with E-state index in [1.54, 1.807) is 12.1 Å². The highest BCUT2D eigenvalue weighted by Gasteiger charge is 2.37. The molecule has 0 aliphatic carbocycles. The summed E-state index contributed by atoms with van der Waals surface area (Å²) in [6.07, 6.45) is -0.0932. The highest BCUT2D eigenvalue weighted by Crippen LogP contribution is 2.22. The van der Waals surface area contributed by atoms with Gasteiger partial charge in [0.1, 0.15) is 17.3 Å². The summed E-state index contributed by atoms with van der Waals surface area (Å²) in [7, 11) is -0.652. The van der Waals surface area contributed by atoms with Crippen LogP contribution in [-0.2, 0) is 9.31 Å². The molecule has 1 aliphatic heterocycles. The fourth-order valence-corrected chi connectivity index (χ4v) is 2.18. The molecule has 2 aromatic rings. The van der Waals surface area contributed by atoms with E-state index in [-0.39, 0.29) is 12.2 Å². The lowest BCUT2D eigenvalue weighted by molar-refractivity contribution is 0.187. The van der Waals surface area contributed by atoms with Crippen molar-refractivity contribution in [2.45, 2.75) is 26.1 Å². The average molecular weight is 286 g/mol. The summed E-state index contributed by atoms with van der Waals surface area (Å²) in [6.45, 7) is 3.82. The first kappa shape index (κ1) is 14.1. The molecule has 0 spiro atoms. The van der Waals surface area contributed by atoms with E-state index in [0.29, 0.717) is 17.0 Å². The van der Waals surface area contributed by atoms with Crippen molar-refractivity contribution in [1.29, 1.82) is 0 Å². The lowest BCUT2D eigenvalue weighted by Crippen LogP contribution is -2.35. The molecule has 1 aliphatic rings. The van der Waals surface area contributed by atoms with Crippen molar-refractivity contribution < 1.29 is 18.4 Å². The van der Waals surface area contributed by atoms with Gasteiger partial charge < -0.3 is 14.0 Å². The third-order valence-electron chi connectivity index (χ3n) is 3.54. The lowest BCUT2D eigenvalue weighted by Gasteiger charge is -2.09. The molecule has 2 unspecified atom stereocenters. The monoisotopic (exact) mass is 286 g/mol. The van der Waals surface area contributed by atoms with E-state index in [1.807, 2.05) is 44.2 Å². The highest BCUT2D eigenvalue weighted by molar-refractivity contribution is 6.62. The van der Waals surface area contributed by atoms with Crippen LogP contribution < -0.4 is 10.2 Å². The predicted molar refractivity (Wildman–Crippen MR) is 79.4 cm³/mol. The Hall–Kier alpha value is -1.85. The van der Waals surface area contributed by atoms with Crippen LogP contribution in [0.4, 0.5) is 4.39 Å². The van der Waals surface area contributed by atoms with E-state index >= 15 is 0 Å². The van der Waals surface area contributed by atoms with Gasteiger partial charge in [0.2, 0.25) is 0 Å². The van der Waals surface area contributed by atoms with E-state index in [2.05, 4.69) is 0 Å². The average Bonchev–Trinajstić information content (AvgIpc) is 2.79. The minimum absolute atomic E-state index is 0.0466. The minimum Gasteiger partial charge on any atom is -0.457 e. The SMILES string of the molecule is CC1OB(c2ccc(Oc3ccccc3)cc2F)OC1C. The largest absolute Gasteiger partial charge is 0.497 e. The number of ether oxygens (including phenoxy) is 1. The quantitative estimate of drug-likeness (QED) is 0.811. The number of benzene rings is 2. The number of rotatable bonds is 3. The Morgan fingerprint density at radius 1 is 0.952 bits per heavy atom. The standard InChI is InChI=1S/C16H16BFO3/c1-11-12(2)21-17(20-11)15-9-8-14(10-16(15)18)19-13-6-4-3-5-7-13/h3-12H,1-2H3. The molecule has 1 saturated heterocycles. The Balaban J connectivity index is 1.77. The van der Waals surface area contributed by atoms with E-state index in [9.17, 15) is 4.39 Å².